The summed E-state index contributed by atoms with van der Waals surface area (Å²) in [6.07, 6.45) is 1.61. The van der Waals surface area contributed by atoms with E-state index in [1.807, 2.05) is 66.9 Å². The van der Waals surface area contributed by atoms with E-state index in [-0.39, 0.29) is 6.10 Å². The van der Waals surface area contributed by atoms with Crippen molar-refractivity contribution in [3.8, 4) is 22.4 Å². The van der Waals surface area contributed by atoms with Crippen molar-refractivity contribution in [1.82, 2.24) is 4.98 Å². The van der Waals surface area contributed by atoms with Crippen molar-refractivity contribution in [1.29, 1.82) is 0 Å². The van der Waals surface area contributed by atoms with E-state index in [0.717, 1.165) is 16.6 Å². The zero-order chi connectivity index (χ0) is 15.9. The summed E-state index contributed by atoms with van der Waals surface area (Å²) < 4.78 is 17.2. The molecule has 2 heterocycles. The molecule has 0 spiro atoms. The minimum atomic E-state index is -0.0921. The smallest absolute Gasteiger partial charge is 0.213 e. The van der Waals surface area contributed by atoms with Crippen LogP contribution in [0.2, 0.25) is 0 Å². The molecule has 3 aromatic rings. The van der Waals surface area contributed by atoms with Gasteiger partial charge in [0.1, 0.15) is 24.2 Å². The van der Waals surface area contributed by atoms with Crippen molar-refractivity contribution in [2.75, 3.05) is 6.61 Å². The maximum Gasteiger partial charge on any atom is 0.213 e. The Hall–Kier alpha value is -2.53. The lowest BCUT2D eigenvalue weighted by molar-refractivity contribution is 0.140. The lowest BCUT2D eigenvalue weighted by atomic mass is 10.3. The lowest BCUT2D eigenvalue weighted by Crippen LogP contribution is -2.21. The van der Waals surface area contributed by atoms with Crippen LogP contribution in [0.15, 0.2) is 66.2 Å². The van der Waals surface area contributed by atoms with Crippen molar-refractivity contribution in [3.63, 3.8) is 0 Å². The summed E-state index contributed by atoms with van der Waals surface area (Å²) in [5.74, 6) is 2.18. The number of para-hydroxylation sites is 1. The summed E-state index contributed by atoms with van der Waals surface area (Å²) in [7, 11) is 0. The first kappa shape index (κ1) is 15.4. The van der Waals surface area contributed by atoms with Crippen LogP contribution in [0.5, 0.6) is 22.4 Å². The first-order chi connectivity index (χ1) is 11.3. The first-order valence-electron chi connectivity index (χ1n) is 7.31. The van der Waals surface area contributed by atoms with Crippen LogP contribution in [0.1, 0.15) is 6.92 Å². The summed E-state index contributed by atoms with van der Waals surface area (Å²) in [5, 5.41) is 2.72. The van der Waals surface area contributed by atoms with Crippen LogP contribution in [0.3, 0.4) is 0 Å². The van der Waals surface area contributed by atoms with E-state index in [0.29, 0.717) is 12.5 Å². The fraction of sp³-hybridized carbons (Fsp3) is 0.167. The van der Waals surface area contributed by atoms with Gasteiger partial charge in [0.25, 0.3) is 0 Å². The van der Waals surface area contributed by atoms with Crippen LogP contribution in [-0.4, -0.2) is 17.7 Å². The summed E-state index contributed by atoms with van der Waals surface area (Å²) in [6.45, 7) is 2.39. The molecule has 5 heteroatoms. The Morgan fingerprint density at radius 3 is 2.65 bits per heavy atom. The summed E-state index contributed by atoms with van der Waals surface area (Å²) >= 11 is 1.50. The number of rotatable bonds is 7. The van der Waals surface area contributed by atoms with Gasteiger partial charge in [-0.05, 0) is 25.1 Å². The van der Waals surface area contributed by atoms with Gasteiger partial charge in [-0.15, -0.1) is 11.3 Å². The van der Waals surface area contributed by atoms with Crippen molar-refractivity contribution in [3.05, 3.63) is 66.2 Å². The highest BCUT2D eigenvalue weighted by Gasteiger charge is 2.08. The van der Waals surface area contributed by atoms with E-state index in [9.17, 15) is 0 Å². The van der Waals surface area contributed by atoms with Crippen molar-refractivity contribution in [2.24, 2.45) is 0 Å². The number of pyridine rings is 1. The van der Waals surface area contributed by atoms with Crippen LogP contribution >= 0.6 is 11.3 Å². The number of nitrogens with zero attached hydrogens (tertiary/aromatic N) is 1. The maximum absolute atomic E-state index is 5.75. The predicted octanol–water partition coefficient (Wildman–Crippen LogP) is 4.78. The molecule has 0 aliphatic heterocycles. The second kappa shape index (κ2) is 7.65. The Morgan fingerprint density at radius 1 is 1.04 bits per heavy atom. The van der Waals surface area contributed by atoms with Crippen molar-refractivity contribution < 1.29 is 14.2 Å². The monoisotopic (exact) mass is 327 g/mol. The number of hydrogen-bond acceptors (Lipinski definition) is 5. The molecule has 1 atom stereocenters. The third-order valence-electron chi connectivity index (χ3n) is 2.95. The SMILES string of the molecule is CC(COc1cc(Oc2ccccc2)cs1)Oc1ccccn1. The highest BCUT2D eigenvalue weighted by molar-refractivity contribution is 7.12. The minimum Gasteiger partial charge on any atom is -0.480 e. The third-order valence-corrected chi connectivity index (χ3v) is 3.77. The molecule has 0 aliphatic rings. The standard InChI is InChI=1S/C18H17NO3S/c1-14(21-17-9-5-6-10-19-17)12-20-18-11-16(13-23-18)22-15-7-3-2-4-8-15/h2-11,13-14H,12H2,1H3. The number of ether oxygens (including phenoxy) is 3. The highest BCUT2D eigenvalue weighted by Crippen LogP contribution is 2.31. The molecule has 0 amide bonds. The van der Waals surface area contributed by atoms with E-state index >= 15 is 0 Å². The van der Waals surface area contributed by atoms with E-state index in [4.69, 9.17) is 14.2 Å². The molecule has 4 nitrogen and oxygen atoms in total. The van der Waals surface area contributed by atoms with Crippen LogP contribution < -0.4 is 14.2 Å². The van der Waals surface area contributed by atoms with Crippen molar-refractivity contribution in [2.45, 2.75) is 13.0 Å². The quantitative estimate of drug-likeness (QED) is 0.626. The van der Waals surface area contributed by atoms with Gasteiger partial charge in [-0.2, -0.15) is 0 Å². The zero-order valence-electron chi connectivity index (χ0n) is 12.7. The van der Waals surface area contributed by atoms with Crippen LogP contribution in [0, 0.1) is 0 Å². The largest absolute Gasteiger partial charge is 0.480 e. The molecule has 0 fully saturated rings. The number of benzene rings is 1. The highest BCUT2D eigenvalue weighted by atomic mass is 32.1. The van der Waals surface area contributed by atoms with Gasteiger partial charge in [0.15, 0.2) is 5.06 Å². The van der Waals surface area contributed by atoms with Crippen LogP contribution in [0.4, 0.5) is 0 Å². The molecule has 1 aromatic carbocycles. The molecular formula is C18H17NO3S. The molecular weight excluding hydrogens is 310 g/mol. The van der Waals surface area contributed by atoms with Gasteiger partial charge < -0.3 is 14.2 Å². The minimum absolute atomic E-state index is 0.0921. The first-order valence-corrected chi connectivity index (χ1v) is 8.19. The fourth-order valence-electron chi connectivity index (χ4n) is 1.91. The Bertz CT molecular complexity index is 715. The van der Waals surface area contributed by atoms with Gasteiger partial charge in [-0.25, -0.2) is 4.98 Å². The third kappa shape index (κ3) is 4.72. The van der Waals surface area contributed by atoms with Gasteiger partial charge in [0.05, 0.1) is 0 Å². The van der Waals surface area contributed by atoms with Crippen molar-refractivity contribution >= 4 is 11.3 Å². The van der Waals surface area contributed by atoms with E-state index in [2.05, 4.69) is 4.98 Å². The number of hydrogen-bond donors (Lipinski definition) is 0. The molecule has 0 N–H and O–H groups in total. The fourth-order valence-corrected chi connectivity index (χ4v) is 2.58. The second-order valence-electron chi connectivity index (χ2n) is 4.92. The normalized spacial score (nSPS) is 11.7. The van der Waals surface area contributed by atoms with Crippen LogP contribution in [0.25, 0.3) is 0 Å². The average molecular weight is 327 g/mol. The summed E-state index contributed by atoms with van der Waals surface area (Å²) in [6, 6.07) is 17.1. The molecule has 0 bridgehead atoms. The van der Waals surface area contributed by atoms with E-state index in [1.165, 1.54) is 11.3 Å². The average Bonchev–Trinajstić information content (AvgIpc) is 3.02. The summed E-state index contributed by atoms with van der Waals surface area (Å²) in [4.78, 5) is 4.13. The molecule has 0 saturated carbocycles. The molecule has 3 rings (SSSR count). The maximum atomic E-state index is 5.75. The molecule has 23 heavy (non-hydrogen) atoms. The molecule has 0 aliphatic carbocycles. The molecule has 118 valence electrons. The molecule has 0 saturated heterocycles. The molecule has 0 radical (unpaired) electrons. The second-order valence-corrected chi connectivity index (χ2v) is 5.80. The Kier molecular flexibility index (Phi) is 5.11. The Labute approximate surface area is 139 Å². The van der Waals surface area contributed by atoms with Crippen LogP contribution in [-0.2, 0) is 0 Å². The Balaban J connectivity index is 1.49. The lowest BCUT2D eigenvalue weighted by Gasteiger charge is -2.13. The van der Waals surface area contributed by atoms with Gasteiger partial charge in [-0.3, -0.25) is 0 Å². The predicted molar refractivity (Wildman–Crippen MR) is 90.7 cm³/mol. The topological polar surface area (TPSA) is 40.6 Å². The number of thiophene rings is 1. The molecule has 1 unspecified atom stereocenters. The number of aromatic nitrogens is 1. The summed E-state index contributed by atoms with van der Waals surface area (Å²) in [5.41, 5.74) is 0. The van der Waals surface area contributed by atoms with Gasteiger partial charge in [0, 0.05) is 23.7 Å². The molecule has 2 aromatic heterocycles. The van der Waals surface area contributed by atoms with E-state index in [1.54, 1.807) is 6.20 Å². The van der Waals surface area contributed by atoms with Gasteiger partial charge in [-0.1, -0.05) is 24.3 Å². The Morgan fingerprint density at radius 2 is 1.87 bits per heavy atom. The van der Waals surface area contributed by atoms with E-state index < -0.39 is 0 Å². The van der Waals surface area contributed by atoms with Gasteiger partial charge >= 0.3 is 0 Å². The van der Waals surface area contributed by atoms with Gasteiger partial charge in [0.2, 0.25) is 5.88 Å². The zero-order valence-corrected chi connectivity index (χ0v) is 13.5.